The maximum absolute atomic E-state index is 14.2. The monoisotopic (exact) mass is 607 g/mol. The third-order valence-electron chi connectivity index (χ3n) is 8.27. The molecule has 1 aliphatic rings. The van der Waals surface area contributed by atoms with Crippen LogP contribution < -0.4 is 9.62 Å². The number of aryl methyl sites for hydroxylation is 3. The predicted molar refractivity (Wildman–Crippen MR) is 168 cm³/mol. The summed E-state index contributed by atoms with van der Waals surface area (Å²) in [5.74, 6) is -1.19. The van der Waals surface area contributed by atoms with Gasteiger partial charge in [0.25, 0.3) is 10.0 Å². The molecule has 7 nitrogen and oxygen atoms in total. The number of hydrogen-bond acceptors (Lipinski definition) is 4. The molecule has 9 heteroatoms. The molecule has 2 amide bonds. The van der Waals surface area contributed by atoms with Crippen LogP contribution in [0.25, 0.3) is 0 Å². The number of carbonyl (C=O) groups excluding carboxylic acids is 2. The molecule has 3 aromatic rings. The Labute approximate surface area is 255 Å². The summed E-state index contributed by atoms with van der Waals surface area (Å²) in [4.78, 5) is 29.4. The van der Waals surface area contributed by atoms with Crippen molar-refractivity contribution in [2.45, 2.75) is 89.7 Å². The SMILES string of the molecule is CC[C@@H](C(=O)NC1CCCCC1)N(Cc1ccc(F)cc1)C(=O)CN(c1ccc(C)c(C)c1)S(=O)(=O)c1ccc(C)cc1. The van der Waals surface area contributed by atoms with Gasteiger partial charge in [0.1, 0.15) is 18.4 Å². The van der Waals surface area contributed by atoms with Crippen molar-refractivity contribution in [2.75, 3.05) is 10.8 Å². The standard InChI is InChI=1S/C34H42FN3O4S/c1-5-32(34(40)36-29-9-7-6-8-10-29)37(22-27-14-16-28(35)17-15-27)33(39)23-38(30-18-13-25(3)26(4)21-30)43(41,42)31-19-11-24(2)12-20-31/h11-21,29,32H,5-10,22-23H2,1-4H3,(H,36,40)/t32-/m0/s1. The average Bonchev–Trinajstić information content (AvgIpc) is 2.99. The molecule has 230 valence electrons. The van der Waals surface area contributed by atoms with Crippen LogP contribution in [0.2, 0.25) is 0 Å². The van der Waals surface area contributed by atoms with Gasteiger partial charge in [-0.3, -0.25) is 13.9 Å². The fourth-order valence-corrected chi connectivity index (χ4v) is 6.90. The number of rotatable bonds is 11. The first-order valence-corrected chi connectivity index (χ1v) is 16.4. The molecule has 0 radical (unpaired) electrons. The molecule has 3 aromatic carbocycles. The predicted octanol–water partition coefficient (Wildman–Crippen LogP) is 6.20. The van der Waals surface area contributed by atoms with E-state index in [4.69, 9.17) is 0 Å². The van der Waals surface area contributed by atoms with Gasteiger partial charge in [-0.1, -0.05) is 62.1 Å². The fraction of sp³-hybridized carbons (Fsp3) is 0.412. The summed E-state index contributed by atoms with van der Waals surface area (Å²) in [5, 5.41) is 3.14. The molecule has 0 aromatic heterocycles. The lowest BCUT2D eigenvalue weighted by atomic mass is 9.95. The van der Waals surface area contributed by atoms with Crippen LogP contribution in [0.1, 0.15) is 67.7 Å². The molecule has 43 heavy (non-hydrogen) atoms. The Morgan fingerprint density at radius 2 is 1.56 bits per heavy atom. The summed E-state index contributed by atoms with van der Waals surface area (Å²) < 4.78 is 43.0. The van der Waals surface area contributed by atoms with E-state index < -0.39 is 34.3 Å². The molecule has 0 unspecified atom stereocenters. The van der Waals surface area contributed by atoms with Gasteiger partial charge in [-0.25, -0.2) is 12.8 Å². The van der Waals surface area contributed by atoms with E-state index in [1.807, 2.05) is 33.8 Å². The highest BCUT2D eigenvalue weighted by atomic mass is 32.2. The van der Waals surface area contributed by atoms with Gasteiger partial charge in [0.15, 0.2) is 0 Å². The minimum absolute atomic E-state index is 0.0288. The summed E-state index contributed by atoms with van der Waals surface area (Å²) in [6.45, 7) is 7.05. The van der Waals surface area contributed by atoms with Crippen molar-refractivity contribution in [3.05, 3.63) is 94.8 Å². The maximum atomic E-state index is 14.2. The van der Waals surface area contributed by atoms with Crippen LogP contribution in [0.3, 0.4) is 0 Å². The first-order chi connectivity index (χ1) is 20.5. The molecular weight excluding hydrogens is 565 g/mol. The second-order valence-corrected chi connectivity index (χ2v) is 13.4. The minimum Gasteiger partial charge on any atom is -0.352 e. The Hall–Kier alpha value is -3.72. The van der Waals surface area contributed by atoms with Crippen LogP contribution in [0.5, 0.6) is 0 Å². The van der Waals surface area contributed by atoms with E-state index in [9.17, 15) is 22.4 Å². The van der Waals surface area contributed by atoms with Crippen molar-refractivity contribution in [2.24, 2.45) is 0 Å². The minimum atomic E-state index is -4.15. The van der Waals surface area contributed by atoms with Gasteiger partial charge in [0.05, 0.1) is 10.6 Å². The molecular formula is C34H42FN3O4S. The molecule has 0 aliphatic heterocycles. The quantitative estimate of drug-likeness (QED) is 0.281. The molecule has 0 saturated heterocycles. The van der Waals surface area contributed by atoms with Gasteiger partial charge in [-0.2, -0.15) is 0 Å². The number of anilines is 1. The van der Waals surface area contributed by atoms with Gasteiger partial charge in [-0.05, 0) is 93.1 Å². The Kier molecular flexibility index (Phi) is 10.6. The van der Waals surface area contributed by atoms with Gasteiger partial charge in [0, 0.05) is 12.6 Å². The fourth-order valence-electron chi connectivity index (χ4n) is 5.50. The zero-order valence-electron chi connectivity index (χ0n) is 25.5. The number of amides is 2. The van der Waals surface area contributed by atoms with Crippen molar-refractivity contribution in [3.63, 3.8) is 0 Å². The van der Waals surface area contributed by atoms with E-state index in [0.717, 1.165) is 53.1 Å². The van der Waals surface area contributed by atoms with Crippen molar-refractivity contribution < 1.29 is 22.4 Å². The topological polar surface area (TPSA) is 86.8 Å². The number of hydrogen-bond donors (Lipinski definition) is 1. The number of benzene rings is 3. The largest absolute Gasteiger partial charge is 0.352 e. The van der Waals surface area contributed by atoms with E-state index >= 15 is 0 Å². The number of nitrogens with zero attached hydrogens (tertiary/aromatic N) is 2. The molecule has 0 bridgehead atoms. The average molecular weight is 608 g/mol. The second kappa shape index (κ2) is 14.2. The van der Waals surface area contributed by atoms with E-state index in [1.165, 1.54) is 29.2 Å². The van der Waals surface area contributed by atoms with Crippen LogP contribution in [0.15, 0.2) is 71.6 Å². The third-order valence-corrected chi connectivity index (χ3v) is 10.1. The Bertz CT molecular complexity index is 1520. The van der Waals surface area contributed by atoms with Gasteiger partial charge in [-0.15, -0.1) is 0 Å². The van der Waals surface area contributed by atoms with Crippen LogP contribution in [0, 0.1) is 26.6 Å². The summed E-state index contributed by atoms with van der Waals surface area (Å²) in [5.41, 5.74) is 3.78. The van der Waals surface area contributed by atoms with Gasteiger partial charge >= 0.3 is 0 Å². The van der Waals surface area contributed by atoms with Crippen LogP contribution in [-0.4, -0.2) is 43.8 Å². The van der Waals surface area contributed by atoms with Crippen LogP contribution in [0.4, 0.5) is 10.1 Å². The zero-order chi connectivity index (χ0) is 31.1. The van der Waals surface area contributed by atoms with Crippen molar-refractivity contribution in [3.8, 4) is 0 Å². The lowest BCUT2D eigenvalue weighted by molar-refractivity contribution is -0.140. The Morgan fingerprint density at radius 1 is 0.907 bits per heavy atom. The molecule has 1 N–H and O–H groups in total. The maximum Gasteiger partial charge on any atom is 0.264 e. The van der Waals surface area contributed by atoms with Crippen LogP contribution in [-0.2, 0) is 26.2 Å². The summed E-state index contributed by atoms with van der Waals surface area (Å²) >= 11 is 0. The second-order valence-electron chi connectivity index (χ2n) is 11.5. The highest BCUT2D eigenvalue weighted by Crippen LogP contribution is 2.27. The van der Waals surface area contributed by atoms with E-state index in [-0.39, 0.29) is 23.4 Å². The molecule has 1 saturated carbocycles. The van der Waals surface area contributed by atoms with Crippen molar-refractivity contribution in [1.29, 1.82) is 0 Å². The van der Waals surface area contributed by atoms with Gasteiger partial charge in [0.2, 0.25) is 11.8 Å². The number of carbonyl (C=O) groups is 2. The lowest BCUT2D eigenvalue weighted by Gasteiger charge is -2.34. The highest BCUT2D eigenvalue weighted by molar-refractivity contribution is 7.92. The van der Waals surface area contributed by atoms with Crippen molar-refractivity contribution in [1.82, 2.24) is 10.2 Å². The number of nitrogens with one attached hydrogen (secondary N) is 1. The summed E-state index contributed by atoms with van der Waals surface area (Å²) in [6.07, 6.45) is 5.35. The molecule has 4 rings (SSSR count). The van der Waals surface area contributed by atoms with E-state index in [0.29, 0.717) is 17.7 Å². The first-order valence-electron chi connectivity index (χ1n) is 15.0. The molecule has 1 fully saturated rings. The summed E-state index contributed by atoms with van der Waals surface area (Å²) in [6, 6.07) is 16.8. The third kappa shape index (κ3) is 8.02. The zero-order valence-corrected chi connectivity index (χ0v) is 26.3. The Balaban J connectivity index is 1.72. The normalized spacial score (nSPS) is 14.6. The lowest BCUT2D eigenvalue weighted by Crippen LogP contribution is -2.54. The number of halogens is 1. The molecule has 0 heterocycles. The van der Waals surface area contributed by atoms with Crippen molar-refractivity contribution >= 4 is 27.5 Å². The molecule has 1 aliphatic carbocycles. The van der Waals surface area contributed by atoms with E-state index in [2.05, 4.69) is 5.32 Å². The molecule has 1 atom stereocenters. The summed E-state index contributed by atoms with van der Waals surface area (Å²) in [7, 11) is -4.15. The molecule has 0 spiro atoms. The number of sulfonamides is 1. The van der Waals surface area contributed by atoms with E-state index in [1.54, 1.807) is 36.4 Å². The Morgan fingerprint density at radius 3 is 2.16 bits per heavy atom. The van der Waals surface area contributed by atoms with Crippen LogP contribution >= 0.6 is 0 Å². The first kappa shape index (κ1) is 32.2. The van der Waals surface area contributed by atoms with Gasteiger partial charge < -0.3 is 10.2 Å². The highest BCUT2D eigenvalue weighted by Gasteiger charge is 2.34. The smallest absolute Gasteiger partial charge is 0.264 e.